The molecule has 5 heteroatoms. The molecule has 1 atom stereocenters. The van der Waals surface area contributed by atoms with Crippen molar-refractivity contribution in [3.63, 3.8) is 0 Å². The standard InChI is InChI=1S/C15H23FO4/c1-18-7-8-20-10-9-19-6-5-14(12-17)13-3-2-4-15(16)11-13/h2-4,11,14,17H,5-10,12H2,1H3. The van der Waals surface area contributed by atoms with Crippen molar-refractivity contribution >= 4 is 0 Å². The van der Waals surface area contributed by atoms with Gasteiger partial charge in [0.25, 0.3) is 0 Å². The molecule has 0 fully saturated rings. The Bertz CT molecular complexity index is 359. The van der Waals surface area contributed by atoms with E-state index in [9.17, 15) is 9.50 Å². The van der Waals surface area contributed by atoms with Gasteiger partial charge < -0.3 is 19.3 Å². The molecule has 0 saturated heterocycles. The third-order valence-electron chi connectivity index (χ3n) is 2.95. The van der Waals surface area contributed by atoms with Gasteiger partial charge in [0.1, 0.15) is 5.82 Å². The van der Waals surface area contributed by atoms with E-state index in [4.69, 9.17) is 14.2 Å². The van der Waals surface area contributed by atoms with Crippen LogP contribution in [0, 0.1) is 5.82 Å². The van der Waals surface area contributed by atoms with E-state index in [0.717, 1.165) is 5.56 Å². The predicted molar refractivity (Wildman–Crippen MR) is 74.4 cm³/mol. The normalized spacial score (nSPS) is 12.6. The third kappa shape index (κ3) is 6.96. The van der Waals surface area contributed by atoms with Gasteiger partial charge in [0.2, 0.25) is 0 Å². The molecule has 20 heavy (non-hydrogen) atoms. The molecule has 114 valence electrons. The number of aliphatic hydroxyl groups is 1. The first-order valence-electron chi connectivity index (χ1n) is 6.78. The van der Waals surface area contributed by atoms with Crippen molar-refractivity contribution in [1.82, 2.24) is 0 Å². The molecule has 0 radical (unpaired) electrons. The molecule has 1 N–H and O–H groups in total. The van der Waals surface area contributed by atoms with Crippen LogP contribution in [0.1, 0.15) is 17.9 Å². The van der Waals surface area contributed by atoms with Crippen LogP contribution in [0.3, 0.4) is 0 Å². The average Bonchev–Trinajstić information content (AvgIpc) is 2.46. The number of halogens is 1. The Kier molecular flexibility index (Phi) is 9.15. The summed E-state index contributed by atoms with van der Waals surface area (Å²) < 4.78 is 28.7. The lowest BCUT2D eigenvalue weighted by Crippen LogP contribution is -2.12. The largest absolute Gasteiger partial charge is 0.396 e. The van der Waals surface area contributed by atoms with Crippen LogP contribution in [-0.4, -0.2) is 51.9 Å². The fourth-order valence-corrected chi connectivity index (χ4v) is 1.81. The van der Waals surface area contributed by atoms with E-state index in [1.165, 1.54) is 12.1 Å². The zero-order chi connectivity index (χ0) is 14.6. The highest BCUT2D eigenvalue weighted by Crippen LogP contribution is 2.19. The monoisotopic (exact) mass is 286 g/mol. The summed E-state index contributed by atoms with van der Waals surface area (Å²) in [4.78, 5) is 0. The van der Waals surface area contributed by atoms with Gasteiger partial charge in [0.05, 0.1) is 33.0 Å². The maximum absolute atomic E-state index is 13.1. The smallest absolute Gasteiger partial charge is 0.123 e. The molecule has 1 unspecified atom stereocenters. The summed E-state index contributed by atoms with van der Waals surface area (Å²) in [6.07, 6.45) is 0.651. The molecule has 1 rings (SSSR count). The highest BCUT2D eigenvalue weighted by atomic mass is 19.1. The molecule has 0 bridgehead atoms. The van der Waals surface area contributed by atoms with Crippen LogP contribution < -0.4 is 0 Å². The molecular weight excluding hydrogens is 263 g/mol. The predicted octanol–water partition coefficient (Wildman–Crippen LogP) is 1.97. The molecule has 0 aliphatic heterocycles. The first kappa shape index (κ1) is 17.0. The van der Waals surface area contributed by atoms with Gasteiger partial charge in [-0.2, -0.15) is 0 Å². The first-order chi connectivity index (χ1) is 9.77. The Morgan fingerprint density at radius 3 is 2.45 bits per heavy atom. The molecular formula is C15H23FO4. The molecule has 4 nitrogen and oxygen atoms in total. The molecule has 0 spiro atoms. The van der Waals surface area contributed by atoms with Gasteiger partial charge in [-0.15, -0.1) is 0 Å². The summed E-state index contributed by atoms with van der Waals surface area (Å²) in [5.41, 5.74) is 0.799. The van der Waals surface area contributed by atoms with Crippen LogP contribution in [0.15, 0.2) is 24.3 Å². The van der Waals surface area contributed by atoms with Crippen molar-refractivity contribution in [2.24, 2.45) is 0 Å². The number of benzene rings is 1. The van der Waals surface area contributed by atoms with E-state index < -0.39 is 0 Å². The molecule has 1 aromatic carbocycles. The minimum absolute atomic E-state index is 0.0167. The van der Waals surface area contributed by atoms with E-state index in [1.54, 1.807) is 13.2 Å². The molecule has 0 aliphatic carbocycles. The van der Waals surface area contributed by atoms with Crippen molar-refractivity contribution in [1.29, 1.82) is 0 Å². The molecule has 0 amide bonds. The third-order valence-corrected chi connectivity index (χ3v) is 2.95. The second-order valence-electron chi connectivity index (χ2n) is 4.44. The van der Waals surface area contributed by atoms with Crippen molar-refractivity contribution in [2.75, 3.05) is 46.8 Å². The fourth-order valence-electron chi connectivity index (χ4n) is 1.81. The molecule has 0 aromatic heterocycles. The van der Waals surface area contributed by atoms with Gasteiger partial charge in [-0.25, -0.2) is 4.39 Å². The topological polar surface area (TPSA) is 47.9 Å². The van der Waals surface area contributed by atoms with Crippen LogP contribution in [-0.2, 0) is 14.2 Å². The van der Waals surface area contributed by atoms with Crippen LogP contribution >= 0.6 is 0 Å². The number of ether oxygens (including phenoxy) is 3. The summed E-state index contributed by atoms with van der Waals surface area (Å²) >= 11 is 0. The molecule has 1 aromatic rings. The van der Waals surface area contributed by atoms with Gasteiger partial charge in [-0.05, 0) is 24.1 Å². The van der Waals surface area contributed by atoms with Gasteiger partial charge in [0, 0.05) is 19.6 Å². The summed E-state index contributed by atoms with van der Waals surface area (Å²) in [7, 11) is 1.63. The highest BCUT2D eigenvalue weighted by Gasteiger charge is 2.10. The van der Waals surface area contributed by atoms with Crippen molar-refractivity contribution in [2.45, 2.75) is 12.3 Å². The fraction of sp³-hybridized carbons (Fsp3) is 0.600. The second-order valence-corrected chi connectivity index (χ2v) is 4.44. The van der Waals surface area contributed by atoms with Crippen LogP contribution in [0.4, 0.5) is 4.39 Å². The Balaban J connectivity index is 2.16. The minimum atomic E-state index is -0.284. The van der Waals surface area contributed by atoms with E-state index >= 15 is 0 Å². The van der Waals surface area contributed by atoms with Gasteiger partial charge >= 0.3 is 0 Å². The van der Waals surface area contributed by atoms with Crippen LogP contribution in [0.25, 0.3) is 0 Å². The lowest BCUT2D eigenvalue weighted by molar-refractivity contribution is 0.0223. The van der Waals surface area contributed by atoms with Crippen LogP contribution in [0.2, 0.25) is 0 Å². The molecule has 0 heterocycles. The van der Waals surface area contributed by atoms with E-state index in [-0.39, 0.29) is 18.3 Å². The maximum Gasteiger partial charge on any atom is 0.123 e. The van der Waals surface area contributed by atoms with E-state index in [1.807, 2.05) is 6.07 Å². The Hall–Kier alpha value is -1.01. The number of hydrogen-bond acceptors (Lipinski definition) is 4. The molecule has 0 aliphatic rings. The first-order valence-corrected chi connectivity index (χ1v) is 6.78. The van der Waals surface area contributed by atoms with Crippen molar-refractivity contribution in [3.8, 4) is 0 Å². The van der Waals surface area contributed by atoms with Gasteiger partial charge in [-0.1, -0.05) is 12.1 Å². The SMILES string of the molecule is COCCOCCOCCC(CO)c1cccc(F)c1. The van der Waals surface area contributed by atoms with Gasteiger partial charge in [-0.3, -0.25) is 0 Å². The summed E-state index contributed by atoms with van der Waals surface area (Å²) in [5, 5.41) is 9.35. The molecule has 0 saturated carbocycles. The Morgan fingerprint density at radius 1 is 1.10 bits per heavy atom. The number of aliphatic hydroxyl groups excluding tert-OH is 1. The number of hydrogen-bond donors (Lipinski definition) is 1. The maximum atomic E-state index is 13.1. The summed E-state index contributed by atoms with van der Waals surface area (Å²) in [6, 6.07) is 6.32. The van der Waals surface area contributed by atoms with Gasteiger partial charge in [0.15, 0.2) is 0 Å². The Morgan fingerprint density at radius 2 is 1.80 bits per heavy atom. The highest BCUT2D eigenvalue weighted by molar-refractivity contribution is 5.20. The Labute approximate surface area is 119 Å². The lowest BCUT2D eigenvalue weighted by atomic mass is 9.97. The van der Waals surface area contributed by atoms with Crippen molar-refractivity contribution < 1.29 is 23.7 Å². The lowest BCUT2D eigenvalue weighted by Gasteiger charge is -2.14. The number of rotatable bonds is 11. The second kappa shape index (κ2) is 10.7. The summed E-state index contributed by atoms with van der Waals surface area (Å²) in [6.45, 7) is 2.65. The average molecular weight is 286 g/mol. The quantitative estimate of drug-likeness (QED) is 0.632. The summed E-state index contributed by atoms with van der Waals surface area (Å²) in [5.74, 6) is -0.381. The van der Waals surface area contributed by atoms with Crippen molar-refractivity contribution in [3.05, 3.63) is 35.6 Å². The minimum Gasteiger partial charge on any atom is -0.396 e. The number of methoxy groups -OCH3 is 1. The van der Waals surface area contributed by atoms with E-state index in [2.05, 4.69) is 0 Å². The van der Waals surface area contributed by atoms with E-state index in [0.29, 0.717) is 39.5 Å². The van der Waals surface area contributed by atoms with Crippen LogP contribution in [0.5, 0.6) is 0 Å². The zero-order valence-corrected chi connectivity index (χ0v) is 11.9. The zero-order valence-electron chi connectivity index (χ0n) is 11.9.